The van der Waals surface area contributed by atoms with Crippen LogP contribution in [0.4, 0.5) is 5.69 Å². The first kappa shape index (κ1) is 34.5. The Kier molecular flexibility index (Phi) is 10.8. The molecule has 0 unspecified atom stereocenters. The van der Waals surface area contributed by atoms with Crippen molar-refractivity contribution in [1.82, 2.24) is 14.5 Å². The predicted octanol–water partition coefficient (Wildman–Crippen LogP) is 6.90. The van der Waals surface area contributed by atoms with Crippen molar-refractivity contribution in [2.24, 2.45) is 18.9 Å². The average molecular weight is 695 g/mol. The number of carbonyl (C=O) groups excluding carboxylic acids is 1. The van der Waals surface area contributed by atoms with E-state index in [1.807, 2.05) is 43.8 Å². The van der Waals surface area contributed by atoms with E-state index in [9.17, 15) is 13.2 Å². The Balaban J connectivity index is 1.35. The lowest BCUT2D eigenvalue weighted by molar-refractivity contribution is -0.0244. The number of nitrogens with zero attached hydrogens (tertiary/aromatic N) is 3. The number of sulfonamides is 1. The Bertz CT molecular complexity index is 1760. The smallest absolute Gasteiger partial charge is 0.264 e. The fourth-order valence-corrected chi connectivity index (χ4v) is 8.90. The zero-order valence-corrected chi connectivity index (χ0v) is 29.7. The molecule has 4 atom stereocenters. The van der Waals surface area contributed by atoms with Crippen molar-refractivity contribution in [3.8, 4) is 5.75 Å². The Morgan fingerprint density at radius 1 is 1.08 bits per heavy atom. The summed E-state index contributed by atoms with van der Waals surface area (Å²) in [4.78, 5) is 15.8. The standard InChI is InChI=1S/C37H47ClN4O5S/c1-4-32-10-5-6-11-35(47-24-31-19-25(2)39-41(31)3)33-16-13-28(33)22-42-18-8-7-9-26-20-30(38)15-12-29(26)23-46-36-17-14-27(21-34(36)42)37(43)40-48(32,44)45/h6,11-12,14-15,17,19-21,28,32-33,35H,4-5,7-10,13,16,18,22-24H2,1-3H3,(H,40,43)/b11-6+/t28-,32+,33+,35-/m0/s1. The highest BCUT2D eigenvalue weighted by atomic mass is 35.5. The topological polar surface area (TPSA) is 103 Å². The van der Waals surface area contributed by atoms with E-state index in [4.69, 9.17) is 21.1 Å². The molecule has 2 aromatic carbocycles. The van der Waals surface area contributed by atoms with E-state index in [1.165, 1.54) is 5.56 Å². The monoisotopic (exact) mass is 694 g/mol. The third-order valence-corrected chi connectivity index (χ3v) is 12.4. The van der Waals surface area contributed by atoms with Crippen LogP contribution in [0.2, 0.25) is 5.02 Å². The molecule has 48 heavy (non-hydrogen) atoms. The molecule has 3 aromatic rings. The molecule has 0 saturated heterocycles. The number of benzene rings is 2. The number of carbonyl (C=O) groups is 1. The number of halogens is 1. The van der Waals surface area contributed by atoms with Crippen molar-refractivity contribution < 1.29 is 22.7 Å². The van der Waals surface area contributed by atoms with Gasteiger partial charge in [0.1, 0.15) is 12.4 Å². The summed E-state index contributed by atoms with van der Waals surface area (Å²) < 4.78 is 44.2. The Morgan fingerprint density at radius 3 is 2.69 bits per heavy atom. The van der Waals surface area contributed by atoms with Crippen LogP contribution in [0, 0.1) is 18.8 Å². The largest absolute Gasteiger partial charge is 0.487 e. The van der Waals surface area contributed by atoms with Gasteiger partial charge >= 0.3 is 0 Å². The molecular weight excluding hydrogens is 648 g/mol. The first-order valence-corrected chi connectivity index (χ1v) is 19.2. The van der Waals surface area contributed by atoms with Crippen LogP contribution in [0.15, 0.2) is 54.6 Å². The van der Waals surface area contributed by atoms with Crippen LogP contribution < -0.4 is 14.4 Å². The number of aryl methyl sites for hydroxylation is 3. The van der Waals surface area contributed by atoms with Gasteiger partial charge in [0.25, 0.3) is 5.91 Å². The summed E-state index contributed by atoms with van der Waals surface area (Å²) in [6.07, 6.45) is 10.4. The molecule has 3 heterocycles. The molecule has 1 amide bonds. The molecule has 1 saturated carbocycles. The van der Waals surface area contributed by atoms with Gasteiger partial charge in [-0.1, -0.05) is 36.7 Å². The number of anilines is 1. The van der Waals surface area contributed by atoms with Gasteiger partial charge < -0.3 is 14.4 Å². The second kappa shape index (κ2) is 15.0. The SMILES string of the molecule is CC[C@@H]1CC/C=C/[C@H](OCc2cc(C)nn2C)[C@@H]2CC[C@H]2CN2CCCCc3cc(Cl)ccc3COc3ccc(cc32)C(=O)NS1(=O)=O. The number of hydrogen-bond acceptors (Lipinski definition) is 7. The fourth-order valence-electron chi connectivity index (χ4n) is 7.28. The Morgan fingerprint density at radius 2 is 1.94 bits per heavy atom. The lowest BCUT2D eigenvalue weighted by Gasteiger charge is -2.44. The van der Waals surface area contributed by atoms with E-state index >= 15 is 0 Å². The zero-order valence-electron chi connectivity index (χ0n) is 28.2. The maximum Gasteiger partial charge on any atom is 0.264 e. The maximum atomic E-state index is 13.5. The number of allylic oxidation sites excluding steroid dienone is 1. The normalized spacial score (nSPS) is 25.3. The predicted molar refractivity (Wildman–Crippen MR) is 189 cm³/mol. The van der Waals surface area contributed by atoms with Crippen molar-refractivity contribution in [2.75, 3.05) is 18.0 Å². The van der Waals surface area contributed by atoms with Crippen LogP contribution in [0.1, 0.15) is 84.7 Å². The Hall–Kier alpha value is -3.34. The molecule has 11 heteroatoms. The van der Waals surface area contributed by atoms with Crippen LogP contribution in [-0.4, -0.2) is 48.5 Å². The summed E-state index contributed by atoms with van der Waals surface area (Å²) in [6.45, 7) is 6.19. The minimum absolute atomic E-state index is 0.117. The fraction of sp³-hybridized carbons (Fsp3) is 0.514. The molecule has 6 rings (SSSR count). The zero-order chi connectivity index (χ0) is 33.8. The number of ether oxygens (including phenoxy) is 2. The van der Waals surface area contributed by atoms with Crippen molar-refractivity contribution in [2.45, 2.75) is 89.8 Å². The van der Waals surface area contributed by atoms with Gasteiger partial charge in [0.15, 0.2) is 0 Å². The molecule has 3 aliphatic rings. The van der Waals surface area contributed by atoms with E-state index in [0.29, 0.717) is 60.6 Å². The van der Waals surface area contributed by atoms with E-state index in [1.54, 1.807) is 18.2 Å². The third-order valence-electron chi connectivity index (χ3n) is 10.2. The number of aromatic nitrogens is 2. The lowest BCUT2D eigenvalue weighted by Crippen LogP contribution is -2.44. The van der Waals surface area contributed by atoms with Crippen LogP contribution >= 0.6 is 11.6 Å². The number of nitrogens with one attached hydrogen (secondary N) is 1. The first-order valence-electron chi connectivity index (χ1n) is 17.2. The highest BCUT2D eigenvalue weighted by Gasteiger charge is 2.38. The molecule has 0 radical (unpaired) electrons. The van der Waals surface area contributed by atoms with Gasteiger partial charge in [-0.2, -0.15) is 5.10 Å². The van der Waals surface area contributed by atoms with Crippen LogP contribution in [0.25, 0.3) is 0 Å². The highest BCUT2D eigenvalue weighted by Crippen LogP contribution is 2.42. The quantitative estimate of drug-likeness (QED) is 0.296. The maximum absolute atomic E-state index is 13.5. The van der Waals surface area contributed by atoms with Crippen LogP contribution in [-0.2, 0) is 41.4 Å². The average Bonchev–Trinajstić information content (AvgIpc) is 3.35. The van der Waals surface area contributed by atoms with Gasteiger partial charge in [-0.15, -0.1) is 0 Å². The molecule has 2 bridgehead atoms. The number of amides is 1. The van der Waals surface area contributed by atoms with E-state index in [0.717, 1.165) is 67.8 Å². The summed E-state index contributed by atoms with van der Waals surface area (Å²) in [5.41, 5.74) is 5.35. The molecule has 258 valence electrons. The van der Waals surface area contributed by atoms with Crippen molar-refractivity contribution in [3.63, 3.8) is 0 Å². The molecule has 2 aliphatic heterocycles. The third kappa shape index (κ3) is 7.92. The summed E-state index contributed by atoms with van der Waals surface area (Å²) in [6, 6.07) is 13.3. The minimum atomic E-state index is -3.90. The van der Waals surface area contributed by atoms with Crippen molar-refractivity contribution >= 4 is 33.2 Å². The highest BCUT2D eigenvalue weighted by molar-refractivity contribution is 7.90. The molecule has 0 spiro atoms. The second-order valence-corrected chi connectivity index (χ2v) is 15.9. The summed E-state index contributed by atoms with van der Waals surface area (Å²) in [5.74, 6) is 0.721. The van der Waals surface area contributed by atoms with Gasteiger partial charge in [0.2, 0.25) is 10.0 Å². The Labute approximate surface area is 289 Å². The first-order chi connectivity index (χ1) is 23.1. The number of hydrogen-bond donors (Lipinski definition) is 1. The van der Waals surface area contributed by atoms with Crippen LogP contribution in [0.5, 0.6) is 5.75 Å². The molecule has 1 aromatic heterocycles. The molecule has 1 fully saturated rings. The van der Waals surface area contributed by atoms with Crippen molar-refractivity contribution in [1.29, 1.82) is 0 Å². The van der Waals surface area contributed by atoms with Crippen molar-refractivity contribution in [3.05, 3.63) is 87.7 Å². The van der Waals surface area contributed by atoms with E-state index in [2.05, 4.69) is 32.9 Å². The van der Waals surface area contributed by atoms with Gasteiger partial charge in [-0.05, 0) is 118 Å². The number of fused-ring (bicyclic) bond motifs is 3. The lowest BCUT2D eigenvalue weighted by atomic mass is 9.70. The van der Waals surface area contributed by atoms with E-state index < -0.39 is 21.2 Å². The van der Waals surface area contributed by atoms with Gasteiger partial charge in [0.05, 0.1) is 35.0 Å². The summed E-state index contributed by atoms with van der Waals surface area (Å²) in [5, 5.41) is 4.51. The molecular formula is C37H47ClN4O5S. The molecule has 1 N–H and O–H groups in total. The summed E-state index contributed by atoms with van der Waals surface area (Å²) in [7, 11) is -1.96. The van der Waals surface area contributed by atoms with Gasteiger partial charge in [-0.25, -0.2) is 13.1 Å². The van der Waals surface area contributed by atoms with Gasteiger partial charge in [0, 0.05) is 30.7 Å². The van der Waals surface area contributed by atoms with Gasteiger partial charge in [-0.3, -0.25) is 9.48 Å². The molecule has 1 aliphatic carbocycles. The second-order valence-electron chi connectivity index (χ2n) is 13.5. The molecule has 9 nitrogen and oxygen atoms in total. The number of rotatable bonds is 4. The summed E-state index contributed by atoms with van der Waals surface area (Å²) >= 11 is 6.36. The van der Waals surface area contributed by atoms with Crippen LogP contribution in [0.3, 0.4) is 0 Å². The van der Waals surface area contributed by atoms with E-state index in [-0.39, 0.29) is 6.10 Å². The minimum Gasteiger partial charge on any atom is -0.487 e.